The third-order valence-electron chi connectivity index (χ3n) is 4.08. The molecule has 5 nitrogen and oxygen atoms in total. The lowest BCUT2D eigenvalue weighted by molar-refractivity contribution is -0.135. The fourth-order valence-electron chi connectivity index (χ4n) is 2.70. The molecule has 0 aliphatic carbocycles. The van der Waals surface area contributed by atoms with E-state index in [-0.39, 0.29) is 17.7 Å². The van der Waals surface area contributed by atoms with Crippen molar-refractivity contribution in [3.8, 4) is 0 Å². The third-order valence-corrected chi connectivity index (χ3v) is 4.08. The number of amides is 2. The van der Waals surface area contributed by atoms with Crippen LogP contribution in [-0.2, 0) is 11.3 Å². The Morgan fingerprint density at radius 1 is 1.23 bits per heavy atom. The van der Waals surface area contributed by atoms with Crippen molar-refractivity contribution in [3.63, 3.8) is 0 Å². The molecule has 0 radical (unpaired) electrons. The molecule has 0 aromatic heterocycles. The van der Waals surface area contributed by atoms with Crippen LogP contribution in [0.3, 0.4) is 0 Å². The van der Waals surface area contributed by atoms with Crippen LogP contribution in [0.1, 0.15) is 29.3 Å². The van der Waals surface area contributed by atoms with Crippen molar-refractivity contribution in [1.82, 2.24) is 15.1 Å². The predicted octanol–water partition coefficient (Wildman–Crippen LogP) is 1.35. The van der Waals surface area contributed by atoms with Crippen LogP contribution in [0.25, 0.3) is 0 Å². The Balaban J connectivity index is 2.01. The van der Waals surface area contributed by atoms with Gasteiger partial charge in [-0.15, -0.1) is 0 Å². The second kappa shape index (κ2) is 7.40. The summed E-state index contributed by atoms with van der Waals surface area (Å²) in [5.74, 6) is 0.322. The molecule has 1 N–H and O–H groups in total. The van der Waals surface area contributed by atoms with Crippen LogP contribution < -0.4 is 5.32 Å². The molecule has 1 unspecified atom stereocenters. The minimum absolute atomic E-state index is 0.00740. The maximum atomic E-state index is 12.5. The van der Waals surface area contributed by atoms with E-state index >= 15 is 0 Å². The second-order valence-electron chi connectivity index (χ2n) is 5.94. The molecule has 0 saturated carbocycles. The summed E-state index contributed by atoms with van der Waals surface area (Å²) in [6.07, 6.45) is 0.922. The lowest BCUT2D eigenvalue weighted by Crippen LogP contribution is -2.36. The first kappa shape index (κ1) is 16.5. The Hall–Kier alpha value is -1.88. The van der Waals surface area contributed by atoms with E-state index in [1.54, 1.807) is 19.0 Å². The Kier molecular flexibility index (Phi) is 5.55. The van der Waals surface area contributed by atoms with Gasteiger partial charge in [0.15, 0.2) is 0 Å². The predicted molar refractivity (Wildman–Crippen MR) is 86.5 cm³/mol. The zero-order valence-corrected chi connectivity index (χ0v) is 13.6. The van der Waals surface area contributed by atoms with Crippen molar-refractivity contribution in [2.45, 2.75) is 19.9 Å². The largest absolute Gasteiger partial charge is 0.345 e. The lowest BCUT2D eigenvalue weighted by Gasteiger charge is -2.24. The summed E-state index contributed by atoms with van der Waals surface area (Å²) in [6.45, 7) is 5.01. The van der Waals surface area contributed by atoms with Crippen LogP contribution in [-0.4, -0.2) is 55.3 Å². The number of rotatable bonds is 5. The quantitative estimate of drug-likeness (QED) is 0.893. The van der Waals surface area contributed by atoms with Crippen LogP contribution in [0.2, 0.25) is 0 Å². The van der Waals surface area contributed by atoms with E-state index in [0.29, 0.717) is 18.7 Å². The van der Waals surface area contributed by atoms with Gasteiger partial charge in [0.05, 0.1) is 5.92 Å². The molecule has 22 heavy (non-hydrogen) atoms. The molecule has 1 aliphatic heterocycles. The Morgan fingerprint density at radius 2 is 1.91 bits per heavy atom. The molecular weight excluding hydrogens is 278 g/mol. The molecule has 2 rings (SSSR count). The first-order valence-electron chi connectivity index (χ1n) is 7.83. The number of nitrogens with zero attached hydrogens (tertiary/aromatic N) is 2. The number of carbonyl (C=O) groups is 2. The smallest absolute Gasteiger partial charge is 0.253 e. The van der Waals surface area contributed by atoms with Crippen LogP contribution >= 0.6 is 0 Å². The highest BCUT2D eigenvalue weighted by Gasteiger charge is 2.26. The highest BCUT2D eigenvalue weighted by molar-refractivity contribution is 5.93. The van der Waals surface area contributed by atoms with E-state index < -0.39 is 0 Å². The van der Waals surface area contributed by atoms with Crippen molar-refractivity contribution >= 4 is 11.8 Å². The maximum Gasteiger partial charge on any atom is 0.253 e. The highest BCUT2D eigenvalue weighted by Crippen LogP contribution is 2.15. The Morgan fingerprint density at radius 3 is 2.41 bits per heavy atom. The van der Waals surface area contributed by atoms with Gasteiger partial charge in [-0.2, -0.15) is 0 Å². The molecule has 1 aromatic carbocycles. The number of nitrogens with one attached hydrogen (secondary N) is 1. The number of hydrogen-bond acceptors (Lipinski definition) is 3. The van der Waals surface area contributed by atoms with E-state index in [0.717, 1.165) is 25.1 Å². The molecule has 1 fully saturated rings. The van der Waals surface area contributed by atoms with Gasteiger partial charge >= 0.3 is 0 Å². The van der Waals surface area contributed by atoms with Crippen LogP contribution in [0.4, 0.5) is 0 Å². The van der Waals surface area contributed by atoms with Crippen LogP contribution in [0.15, 0.2) is 24.3 Å². The van der Waals surface area contributed by atoms with E-state index in [1.165, 1.54) is 0 Å². The third kappa shape index (κ3) is 3.85. The van der Waals surface area contributed by atoms with Gasteiger partial charge in [0.1, 0.15) is 0 Å². The van der Waals surface area contributed by atoms with Crippen LogP contribution in [0.5, 0.6) is 0 Å². The molecule has 5 heteroatoms. The van der Waals surface area contributed by atoms with Crippen molar-refractivity contribution in [3.05, 3.63) is 35.4 Å². The van der Waals surface area contributed by atoms with Crippen molar-refractivity contribution in [2.75, 3.05) is 33.7 Å². The van der Waals surface area contributed by atoms with Gasteiger partial charge in [0.25, 0.3) is 5.91 Å². The van der Waals surface area contributed by atoms with Gasteiger partial charge in [-0.3, -0.25) is 9.59 Å². The standard InChI is InChI=1S/C17H25N3O2/c1-4-20(17(22)15-9-10-18-11-15)12-13-5-7-14(8-6-13)16(21)19(2)3/h5-8,15,18H,4,9-12H2,1-3H3. The molecule has 2 amide bonds. The topological polar surface area (TPSA) is 52.7 Å². The number of carbonyl (C=O) groups excluding carboxylic acids is 2. The first-order valence-corrected chi connectivity index (χ1v) is 7.83. The zero-order valence-electron chi connectivity index (χ0n) is 13.6. The molecule has 1 aromatic rings. The highest BCUT2D eigenvalue weighted by atomic mass is 16.2. The summed E-state index contributed by atoms with van der Waals surface area (Å²) in [5, 5.41) is 3.24. The summed E-state index contributed by atoms with van der Waals surface area (Å²) in [5.41, 5.74) is 1.72. The fourth-order valence-corrected chi connectivity index (χ4v) is 2.70. The molecule has 1 heterocycles. The van der Waals surface area contributed by atoms with Crippen LogP contribution in [0, 0.1) is 5.92 Å². The van der Waals surface area contributed by atoms with E-state index in [1.807, 2.05) is 36.1 Å². The van der Waals surface area contributed by atoms with Gasteiger partial charge in [0, 0.05) is 39.3 Å². The van der Waals surface area contributed by atoms with Gasteiger partial charge in [-0.1, -0.05) is 12.1 Å². The molecule has 1 aliphatic rings. The van der Waals surface area contributed by atoms with E-state index in [2.05, 4.69) is 5.32 Å². The minimum atomic E-state index is -0.00740. The summed E-state index contributed by atoms with van der Waals surface area (Å²) in [7, 11) is 3.48. The summed E-state index contributed by atoms with van der Waals surface area (Å²) < 4.78 is 0. The number of hydrogen-bond donors (Lipinski definition) is 1. The Bertz CT molecular complexity index is 519. The zero-order chi connectivity index (χ0) is 16.1. The minimum Gasteiger partial charge on any atom is -0.345 e. The van der Waals surface area contributed by atoms with Crippen molar-refractivity contribution < 1.29 is 9.59 Å². The molecule has 1 atom stereocenters. The molecular formula is C17H25N3O2. The fraction of sp³-hybridized carbons (Fsp3) is 0.529. The molecule has 1 saturated heterocycles. The van der Waals surface area contributed by atoms with Crippen molar-refractivity contribution in [2.24, 2.45) is 5.92 Å². The average Bonchev–Trinajstić information content (AvgIpc) is 3.06. The van der Waals surface area contributed by atoms with E-state index in [4.69, 9.17) is 0 Å². The van der Waals surface area contributed by atoms with Crippen molar-refractivity contribution in [1.29, 1.82) is 0 Å². The SMILES string of the molecule is CCN(Cc1ccc(C(=O)N(C)C)cc1)C(=O)C1CCNC1. The van der Waals surface area contributed by atoms with Gasteiger partial charge in [-0.25, -0.2) is 0 Å². The summed E-state index contributed by atoms with van der Waals surface area (Å²) in [6, 6.07) is 7.51. The molecule has 0 bridgehead atoms. The normalized spacial score (nSPS) is 17.3. The first-order chi connectivity index (χ1) is 10.5. The monoisotopic (exact) mass is 303 g/mol. The maximum absolute atomic E-state index is 12.5. The average molecular weight is 303 g/mol. The Labute approximate surface area is 132 Å². The summed E-state index contributed by atoms with van der Waals surface area (Å²) in [4.78, 5) is 27.8. The second-order valence-corrected chi connectivity index (χ2v) is 5.94. The van der Waals surface area contributed by atoms with Gasteiger partial charge in [0.2, 0.25) is 5.91 Å². The van der Waals surface area contributed by atoms with E-state index in [9.17, 15) is 9.59 Å². The van der Waals surface area contributed by atoms with Gasteiger partial charge in [-0.05, 0) is 37.6 Å². The van der Waals surface area contributed by atoms with Gasteiger partial charge < -0.3 is 15.1 Å². The molecule has 120 valence electrons. The summed E-state index contributed by atoms with van der Waals surface area (Å²) >= 11 is 0. The molecule has 0 spiro atoms. The number of benzene rings is 1. The lowest BCUT2D eigenvalue weighted by atomic mass is 10.1.